The summed E-state index contributed by atoms with van der Waals surface area (Å²) < 4.78 is 5.50. The summed E-state index contributed by atoms with van der Waals surface area (Å²) in [7, 11) is 1.97. The van der Waals surface area contributed by atoms with Gasteiger partial charge in [0.1, 0.15) is 0 Å². The third-order valence-corrected chi connectivity index (χ3v) is 4.05. The van der Waals surface area contributed by atoms with Crippen molar-refractivity contribution in [3.05, 3.63) is 35.7 Å². The Hall–Kier alpha value is -1.68. The van der Waals surface area contributed by atoms with Crippen molar-refractivity contribution in [1.82, 2.24) is 15.5 Å². The molecule has 106 valence electrons. The lowest BCUT2D eigenvalue weighted by Crippen LogP contribution is -2.10. The van der Waals surface area contributed by atoms with E-state index >= 15 is 0 Å². The van der Waals surface area contributed by atoms with Gasteiger partial charge in [-0.15, -0.1) is 0 Å². The van der Waals surface area contributed by atoms with Gasteiger partial charge >= 0.3 is 0 Å². The van der Waals surface area contributed by atoms with Crippen LogP contribution < -0.4 is 5.32 Å². The molecule has 4 nitrogen and oxygen atoms in total. The Morgan fingerprint density at radius 1 is 1.25 bits per heavy atom. The van der Waals surface area contributed by atoms with Crippen LogP contribution in [0.4, 0.5) is 0 Å². The molecule has 0 aliphatic heterocycles. The fourth-order valence-corrected chi connectivity index (χ4v) is 2.90. The fourth-order valence-electron chi connectivity index (χ4n) is 2.90. The second-order valence-electron chi connectivity index (χ2n) is 5.45. The summed E-state index contributed by atoms with van der Waals surface area (Å²) >= 11 is 0. The van der Waals surface area contributed by atoms with Crippen molar-refractivity contribution in [3.63, 3.8) is 0 Å². The Balaban J connectivity index is 1.85. The largest absolute Gasteiger partial charge is 0.334 e. The first kappa shape index (κ1) is 13.3. The van der Waals surface area contributed by atoms with E-state index in [1.165, 1.54) is 31.2 Å². The minimum Gasteiger partial charge on any atom is -0.334 e. The number of benzene rings is 1. The Labute approximate surface area is 119 Å². The first-order chi connectivity index (χ1) is 9.88. The molecule has 0 atom stereocenters. The Morgan fingerprint density at radius 2 is 2.05 bits per heavy atom. The summed E-state index contributed by atoms with van der Waals surface area (Å²) in [4.78, 5) is 4.63. The van der Waals surface area contributed by atoms with E-state index in [9.17, 15) is 0 Å². The van der Waals surface area contributed by atoms with Crippen LogP contribution in [0.15, 0.2) is 28.8 Å². The van der Waals surface area contributed by atoms with E-state index in [2.05, 4.69) is 33.7 Å². The van der Waals surface area contributed by atoms with Crippen molar-refractivity contribution in [2.24, 2.45) is 0 Å². The third kappa shape index (κ3) is 2.75. The average Bonchev–Trinajstić information content (AvgIpc) is 3.15. The second kappa shape index (κ2) is 6.18. The van der Waals surface area contributed by atoms with E-state index in [-0.39, 0.29) is 0 Å². The molecule has 1 aromatic heterocycles. The van der Waals surface area contributed by atoms with Gasteiger partial charge in [-0.25, -0.2) is 0 Å². The van der Waals surface area contributed by atoms with Crippen LogP contribution in [0.3, 0.4) is 0 Å². The van der Waals surface area contributed by atoms with E-state index in [0.717, 1.165) is 24.4 Å². The summed E-state index contributed by atoms with van der Waals surface area (Å²) in [6.45, 7) is 0.945. The highest BCUT2D eigenvalue weighted by atomic mass is 16.5. The van der Waals surface area contributed by atoms with Gasteiger partial charge in [-0.05, 0) is 44.5 Å². The highest BCUT2D eigenvalue weighted by molar-refractivity contribution is 5.58. The minimum absolute atomic E-state index is 0.497. The number of hydrogen-bond acceptors (Lipinski definition) is 4. The zero-order chi connectivity index (χ0) is 13.8. The highest BCUT2D eigenvalue weighted by Crippen LogP contribution is 2.33. The van der Waals surface area contributed by atoms with Crippen molar-refractivity contribution in [2.75, 3.05) is 13.6 Å². The number of rotatable bonds is 5. The smallest absolute Gasteiger partial charge is 0.258 e. The standard InChI is InChI=1S/C16H21N3O/c1-17-11-10-12-6-4-5-9-14(12)16-18-15(19-20-16)13-7-2-3-8-13/h4-6,9,13,17H,2-3,7-8,10-11H2,1H3. The lowest BCUT2D eigenvalue weighted by Gasteiger charge is -2.05. The molecule has 0 saturated heterocycles. The third-order valence-electron chi connectivity index (χ3n) is 4.05. The SMILES string of the molecule is CNCCc1ccccc1-c1nc(C2CCCC2)no1. The molecule has 1 aliphatic rings. The highest BCUT2D eigenvalue weighted by Gasteiger charge is 2.23. The molecule has 0 amide bonds. The molecular weight excluding hydrogens is 250 g/mol. The lowest BCUT2D eigenvalue weighted by atomic mass is 10.0. The second-order valence-corrected chi connectivity index (χ2v) is 5.45. The average molecular weight is 271 g/mol. The van der Waals surface area contributed by atoms with Gasteiger partial charge in [-0.1, -0.05) is 36.2 Å². The van der Waals surface area contributed by atoms with Crippen LogP contribution in [0.5, 0.6) is 0 Å². The Morgan fingerprint density at radius 3 is 2.85 bits per heavy atom. The van der Waals surface area contributed by atoms with Gasteiger partial charge in [0.25, 0.3) is 5.89 Å². The molecule has 0 bridgehead atoms. The van der Waals surface area contributed by atoms with Crippen LogP contribution in [0.2, 0.25) is 0 Å². The molecule has 1 fully saturated rings. The molecule has 1 heterocycles. The fraction of sp³-hybridized carbons (Fsp3) is 0.500. The maximum Gasteiger partial charge on any atom is 0.258 e. The first-order valence-corrected chi connectivity index (χ1v) is 7.45. The summed E-state index contributed by atoms with van der Waals surface area (Å²) in [6.07, 6.45) is 5.93. The number of hydrogen-bond donors (Lipinski definition) is 1. The molecule has 2 aromatic rings. The summed E-state index contributed by atoms with van der Waals surface area (Å²) in [5.74, 6) is 2.05. The van der Waals surface area contributed by atoms with Gasteiger partial charge in [0.15, 0.2) is 5.82 Å². The van der Waals surface area contributed by atoms with Crippen LogP contribution in [0, 0.1) is 0 Å². The molecule has 0 radical (unpaired) electrons. The molecule has 3 rings (SSSR count). The molecule has 4 heteroatoms. The van der Waals surface area contributed by atoms with E-state index in [1.54, 1.807) is 0 Å². The van der Waals surface area contributed by atoms with Gasteiger partial charge in [-0.3, -0.25) is 0 Å². The predicted molar refractivity (Wildman–Crippen MR) is 78.6 cm³/mol. The van der Waals surface area contributed by atoms with Crippen molar-refractivity contribution >= 4 is 0 Å². The molecule has 0 unspecified atom stereocenters. The maximum atomic E-state index is 5.50. The van der Waals surface area contributed by atoms with E-state index in [4.69, 9.17) is 4.52 Å². The van der Waals surface area contributed by atoms with Crippen molar-refractivity contribution in [1.29, 1.82) is 0 Å². The van der Waals surface area contributed by atoms with Crippen LogP contribution in [-0.2, 0) is 6.42 Å². The van der Waals surface area contributed by atoms with E-state index in [0.29, 0.717) is 11.8 Å². The lowest BCUT2D eigenvalue weighted by molar-refractivity contribution is 0.415. The number of nitrogens with one attached hydrogen (secondary N) is 1. The van der Waals surface area contributed by atoms with Crippen LogP contribution >= 0.6 is 0 Å². The van der Waals surface area contributed by atoms with Crippen LogP contribution in [0.1, 0.15) is 43.0 Å². The molecule has 20 heavy (non-hydrogen) atoms. The number of nitrogens with zero attached hydrogens (tertiary/aromatic N) is 2. The van der Waals surface area contributed by atoms with Gasteiger partial charge in [0, 0.05) is 11.5 Å². The number of aromatic nitrogens is 2. The molecule has 0 spiro atoms. The van der Waals surface area contributed by atoms with Crippen LogP contribution in [-0.4, -0.2) is 23.7 Å². The quantitative estimate of drug-likeness (QED) is 0.907. The molecule has 1 aliphatic carbocycles. The maximum absolute atomic E-state index is 5.50. The summed E-state index contributed by atoms with van der Waals surface area (Å²) in [5.41, 5.74) is 2.32. The molecule has 1 aromatic carbocycles. The summed E-state index contributed by atoms with van der Waals surface area (Å²) in [6, 6.07) is 8.28. The monoisotopic (exact) mass is 271 g/mol. The van der Waals surface area contributed by atoms with Crippen molar-refractivity contribution < 1.29 is 4.52 Å². The predicted octanol–water partition coefficient (Wildman–Crippen LogP) is 3.16. The molecule has 1 N–H and O–H groups in total. The normalized spacial score (nSPS) is 15.8. The van der Waals surface area contributed by atoms with Crippen molar-refractivity contribution in [3.8, 4) is 11.5 Å². The minimum atomic E-state index is 0.497. The topological polar surface area (TPSA) is 51.0 Å². The number of likely N-dealkylation sites (N-methyl/N-ethyl adjacent to an activating group) is 1. The zero-order valence-corrected chi connectivity index (χ0v) is 11.9. The van der Waals surface area contributed by atoms with Crippen LogP contribution in [0.25, 0.3) is 11.5 Å². The van der Waals surface area contributed by atoms with E-state index in [1.807, 2.05) is 13.1 Å². The van der Waals surface area contributed by atoms with Gasteiger partial charge in [-0.2, -0.15) is 4.98 Å². The van der Waals surface area contributed by atoms with E-state index < -0.39 is 0 Å². The molecule has 1 saturated carbocycles. The van der Waals surface area contributed by atoms with Gasteiger partial charge in [0.2, 0.25) is 0 Å². The molecular formula is C16H21N3O. The Bertz CT molecular complexity index is 558. The Kier molecular flexibility index (Phi) is 4.11. The first-order valence-electron chi connectivity index (χ1n) is 7.45. The summed E-state index contributed by atoms with van der Waals surface area (Å²) in [5, 5.41) is 7.37. The van der Waals surface area contributed by atoms with Gasteiger partial charge < -0.3 is 9.84 Å². The van der Waals surface area contributed by atoms with Gasteiger partial charge in [0.05, 0.1) is 0 Å². The van der Waals surface area contributed by atoms with Crippen molar-refractivity contribution in [2.45, 2.75) is 38.0 Å². The zero-order valence-electron chi connectivity index (χ0n) is 11.9.